The zero-order valence-electron chi connectivity index (χ0n) is 5.25. The molecule has 1 aliphatic heterocycles. The van der Waals surface area contributed by atoms with E-state index in [1.54, 1.807) is 6.20 Å². The molecule has 2 nitrogen and oxygen atoms in total. The Kier molecular flexibility index (Phi) is 1.47. The SMILES string of the molecule is Brc1ccncc1[C@H]1CO1. The topological polar surface area (TPSA) is 25.4 Å². The van der Waals surface area contributed by atoms with Crippen LogP contribution in [0.25, 0.3) is 0 Å². The zero-order chi connectivity index (χ0) is 6.97. The highest BCUT2D eigenvalue weighted by atomic mass is 79.9. The van der Waals surface area contributed by atoms with Gasteiger partial charge < -0.3 is 4.74 Å². The third kappa shape index (κ3) is 1.07. The van der Waals surface area contributed by atoms with Gasteiger partial charge in [0.15, 0.2) is 0 Å². The van der Waals surface area contributed by atoms with Crippen LogP contribution in [0.2, 0.25) is 0 Å². The minimum atomic E-state index is 0.295. The molecule has 1 atom stereocenters. The van der Waals surface area contributed by atoms with Gasteiger partial charge in [-0.15, -0.1) is 0 Å². The van der Waals surface area contributed by atoms with Crippen LogP contribution in [-0.2, 0) is 4.74 Å². The molecule has 1 aromatic rings. The maximum atomic E-state index is 5.11. The van der Waals surface area contributed by atoms with E-state index in [2.05, 4.69) is 20.9 Å². The molecule has 0 saturated carbocycles. The standard InChI is InChI=1S/C7H6BrNO/c8-6-1-2-9-3-5(6)7-4-10-7/h1-3,7H,4H2/t7-/m1/s1. The van der Waals surface area contributed by atoms with Crippen molar-refractivity contribution >= 4 is 15.9 Å². The molecule has 52 valence electrons. The van der Waals surface area contributed by atoms with Gasteiger partial charge in [0.25, 0.3) is 0 Å². The van der Waals surface area contributed by atoms with Gasteiger partial charge in [-0.2, -0.15) is 0 Å². The van der Waals surface area contributed by atoms with Crippen molar-refractivity contribution in [2.45, 2.75) is 6.10 Å². The molecule has 1 saturated heterocycles. The Labute approximate surface area is 67.4 Å². The van der Waals surface area contributed by atoms with Crippen LogP contribution in [0.4, 0.5) is 0 Å². The zero-order valence-corrected chi connectivity index (χ0v) is 6.84. The predicted molar refractivity (Wildman–Crippen MR) is 40.6 cm³/mol. The van der Waals surface area contributed by atoms with E-state index in [0.717, 1.165) is 16.6 Å². The summed E-state index contributed by atoms with van der Waals surface area (Å²) in [5, 5.41) is 0. The number of halogens is 1. The lowest BCUT2D eigenvalue weighted by Crippen LogP contribution is -1.83. The molecular weight excluding hydrogens is 194 g/mol. The molecule has 0 radical (unpaired) electrons. The number of rotatable bonds is 1. The fourth-order valence-corrected chi connectivity index (χ4v) is 1.33. The van der Waals surface area contributed by atoms with Crippen LogP contribution >= 0.6 is 15.9 Å². The van der Waals surface area contributed by atoms with E-state index >= 15 is 0 Å². The normalized spacial score (nSPS) is 22.7. The van der Waals surface area contributed by atoms with Crippen LogP contribution in [0.15, 0.2) is 22.9 Å². The van der Waals surface area contributed by atoms with Gasteiger partial charge in [0.05, 0.1) is 6.61 Å². The van der Waals surface area contributed by atoms with Crippen molar-refractivity contribution in [2.75, 3.05) is 6.61 Å². The average Bonchev–Trinajstić information content (AvgIpc) is 2.71. The number of aromatic nitrogens is 1. The molecule has 1 fully saturated rings. The lowest BCUT2D eigenvalue weighted by atomic mass is 10.2. The first-order valence-corrected chi connectivity index (χ1v) is 3.88. The molecule has 0 bridgehead atoms. The summed E-state index contributed by atoms with van der Waals surface area (Å²) in [6.07, 6.45) is 3.89. The number of epoxide rings is 1. The Balaban J connectivity index is 2.39. The molecule has 0 amide bonds. The number of pyridine rings is 1. The predicted octanol–water partition coefficient (Wildman–Crippen LogP) is 1.92. The Morgan fingerprint density at radius 2 is 2.50 bits per heavy atom. The summed E-state index contributed by atoms with van der Waals surface area (Å²) in [5.74, 6) is 0. The van der Waals surface area contributed by atoms with Crippen molar-refractivity contribution in [1.29, 1.82) is 0 Å². The van der Waals surface area contributed by atoms with Gasteiger partial charge in [-0.05, 0) is 6.07 Å². The summed E-state index contributed by atoms with van der Waals surface area (Å²) in [5.41, 5.74) is 1.16. The second kappa shape index (κ2) is 2.32. The van der Waals surface area contributed by atoms with Gasteiger partial charge in [0.2, 0.25) is 0 Å². The van der Waals surface area contributed by atoms with Gasteiger partial charge >= 0.3 is 0 Å². The first kappa shape index (κ1) is 6.31. The van der Waals surface area contributed by atoms with Crippen molar-refractivity contribution in [3.63, 3.8) is 0 Å². The molecule has 1 aromatic heterocycles. The van der Waals surface area contributed by atoms with Gasteiger partial charge in [0, 0.05) is 22.4 Å². The maximum absolute atomic E-state index is 5.11. The number of ether oxygens (including phenoxy) is 1. The molecular formula is C7H6BrNO. The fraction of sp³-hybridized carbons (Fsp3) is 0.286. The van der Waals surface area contributed by atoms with Crippen LogP contribution in [0.1, 0.15) is 11.7 Å². The van der Waals surface area contributed by atoms with Crippen LogP contribution in [0, 0.1) is 0 Å². The highest BCUT2D eigenvalue weighted by Crippen LogP contribution is 2.33. The second-order valence-corrected chi connectivity index (χ2v) is 3.07. The van der Waals surface area contributed by atoms with Gasteiger partial charge in [-0.25, -0.2) is 0 Å². The number of nitrogens with zero attached hydrogens (tertiary/aromatic N) is 1. The third-order valence-corrected chi connectivity index (χ3v) is 2.20. The summed E-state index contributed by atoms with van der Waals surface area (Å²) in [6, 6.07) is 1.93. The number of hydrogen-bond donors (Lipinski definition) is 0. The lowest BCUT2D eigenvalue weighted by molar-refractivity contribution is 0.414. The van der Waals surface area contributed by atoms with Crippen molar-refractivity contribution in [1.82, 2.24) is 4.98 Å². The first-order chi connectivity index (χ1) is 4.88. The van der Waals surface area contributed by atoms with Crippen molar-refractivity contribution in [3.05, 3.63) is 28.5 Å². The number of hydrogen-bond acceptors (Lipinski definition) is 2. The molecule has 1 aliphatic rings. The molecule has 0 aromatic carbocycles. The molecule has 2 heterocycles. The summed E-state index contributed by atoms with van der Waals surface area (Å²) in [4.78, 5) is 4.00. The van der Waals surface area contributed by atoms with Crippen LogP contribution in [0.3, 0.4) is 0 Å². The minimum absolute atomic E-state index is 0.295. The van der Waals surface area contributed by atoms with Crippen molar-refractivity contribution in [3.8, 4) is 0 Å². The van der Waals surface area contributed by atoms with Crippen molar-refractivity contribution < 1.29 is 4.74 Å². The first-order valence-electron chi connectivity index (χ1n) is 3.09. The molecule has 0 N–H and O–H groups in total. The van der Waals surface area contributed by atoms with E-state index in [4.69, 9.17) is 4.74 Å². The largest absolute Gasteiger partial charge is 0.368 e. The quantitative estimate of drug-likeness (QED) is 0.647. The average molecular weight is 200 g/mol. The summed E-state index contributed by atoms with van der Waals surface area (Å²) >= 11 is 3.42. The highest BCUT2D eigenvalue weighted by molar-refractivity contribution is 9.10. The Morgan fingerprint density at radius 1 is 1.70 bits per heavy atom. The lowest BCUT2D eigenvalue weighted by Gasteiger charge is -1.95. The minimum Gasteiger partial charge on any atom is -0.368 e. The highest BCUT2D eigenvalue weighted by Gasteiger charge is 2.26. The molecule has 0 spiro atoms. The monoisotopic (exact) mass is 199 g/mol. The second-order valence-electron chi connectivity index (χ2n) is 2.22. The van der Waals surface area contributed by atoms with Gasteiger partial charge in [-0.1, -0.05) is 15.9 Å². The van der Waals surface area contributed by atoms with E-state index in [9.17, 15) is 0 Å². The third-order valence-electron chi connectivity index (χ3n) is 1.48. The molecule has 2 rings (SSSR count). The maximum Gasteiger partial charge on any atom is 0.109 e. The molecule has 10 heavy (non-hydrogen) atoms. The van der Waals surface area contributed by atoms with Crippen LogP contribution in [0.5, 0.6) is 0 Å². The molecule has 0 aliphatic carbocycles. The van der Waals surface area contributed by atoms with E-state index < -0.39 is 0 Å². The van der Waals surface area contributed by atoms with Crippen LogP contribution in [-0.4, -0.2) is 11.6 Å². The van der Waals surface area contributed by atoms with Gasteiger partial charge in [0.1, 0.15) is 6.10 Å². The molecule has 0 unspecified atom stereocenters. The Morgan fingerprint density at radius 3 is 3.10 bits per heavy atom. The van der Waals surface area contributed by atoms with Crippen molar-refractivity contribution in [2.24, 2.45) is 0 Å². The van der Waals surface area contributed by atoms with Crippen LogP contribution < -0.4 is 0 Å². The fourth-order valence-electron chi connectivity index (χ4n) is 0.854. The Hall–Kier alpha value is -0.410. The summed E-state index contributed by atoms with van der Waals surface area (Å²) in [6.45, 7) is 0.838. The summed E-state index contributed by atoms with van der Waals surface area (Å²) in [7, 11) is 0. The summed E-state index contributed by atoms with van der Waals surface area (Å²) < 4.78 is 6.19. The van der Waals surface area contributed by atoms with Gasteiger partial charge in [-0.3, -0.25) is 4.98 Å². The van der Waals surface area contributed by atoms with E-state index in [1.165, 1.54) is 0 Å². The van der Waals surface area contributed by atoms with E-state index in [1.807, 2.05) is 12.3 Å². The van der Waals surface area contributed by atoms with E-state index in [-0.39, 0.29) is 0 Å². The smallest absolute Gasteiger partial charge is 0.109 e. The Bertz CT molecular complexity index is 247. The van der Waals surface area contributed by atoms with E-state index in [0.29, 0.717) is 6.10 Å². The molecule has 3 heteroatoms.